The van der Waals surface area contributed by atoms with E-state index in [4.69, 9.17) is 4.74 Å². The first-order chi connectivity index (χ1) is 25.3. The van der Waals surface area contributed by atoms with Gasteiger partial charge in [0.05, 0.1) is 42.6 Å². The summed E-state index contributed by atoms with van der Waals surface area (Å²) in [6.07, 6.45) is 9.47. The summed E-state index contributed by atoms with van der Waals surface area (Å²) in [6.45, 7) is 9.57. The first kappa shape index (κ1) is 36.9. The van der Waals surface area contributed by atoms with Crippen molar-refractivity contribution in [1.82, 2.24) is 28.9 Å². The maximum atomic E-state index is 14.4. The second-order valence-corrected chi connectivity index (χ2v) is 17.5. The number of piperazine rings is 1. The van der Waals surface area contributed by atoms with Crippen molar-refractivity contribution in [3.8, 4) is 17.0 Å². The molecule has 282 valence electrons. The molecule has 2 amide bonds. The van der Waals surface area contributed by atoms with Gasteiger partial charge in [-0.05, 0) is 98.7 Å². The summed E-state index contributed by atoms with van der Waals surface area (Å²) in [7, 11) is 1.83. The normalized spacial score (nSPS) is 19.8. The third-order valence-corrected chi connectivity index (χ3v) is 13.1. The molecular formula is C41H52N6O5S. The van der Waals surface area contributed by atoms with Gasteiger partial charge in [-0.15, -0.1) is 0 Å². The maximum absolute atomic E-state index is 14.4. The number of fused-ring (bicyclic) bond motifs is 5. The van der Waals surface area contributed by atoms with Crippen LogP contribution < -0.4 is 9.46 Å². The lowest BCUT2D eigenvalue weighted by Gasteiger charge is -2.42. The molecule has 1 aliphatic carbocycles. The number of carbonyl (C=O) groups is 2. The van der Waals surface area contributed by atoms with Gasteiger partial charge in [0.2, 0.25) is 10.0 Å². The summed E-state index contributed by atoms with van der Waals surface area (Å²) < 4.78 is 37.7. The standard InChI is InChI=1S/C41H52N6O5S/c1-25(2)24-53(50,51)43-40(48)29-13-15-34-36(19-29)47-23-31(38-35(20-42-45(38)6)41(49)46-21-26(3)44(5)27(4)22-46)17-30-18-32(52-7)14-16-33(30)39(47)37(34)28-11-9-8-10-12-28/h13-20,25-28H,8-12,21-24H2,1-7H3,(H,43,48). The average Bonchev–Trinajstić information content (AvgIpc) is 3.60. The zero-order chi connectivity index (χ0) is 37.8. The Morgan fingerprint density at radius 2 is 1.70 bits per heavy atom. The lowest BCUT2D eigenvalue weighted by Crippen LogP contribution is -2.56. The van der Waals surface area contributed by atoms with E-state index in [-0.39, 0.29) is 35.2 Å². The van der Waals surface area contributed by atoms with Crippen molar-refractivity contribution in [2.24, 2.45) is 13.0 Å². The topological polar surface area (TPSA) is 119 Å². The molecule has 2 aliphatic heterocycles. The summed E-state index contributed by atoms with van der Waals surface area (Å²) in [5.74, 6) is 0.0916. The molecule has 0 bridgehead atoms. The number of methoxy groups -OCH3 is 1. The molecule has 7 rings (SSSR count). The van der Waals surface area contributed by atoms with Gasteiger partial charge in [0.15, 0.2) is 0 Å². The fourth-order valence-electron chi connectivity index (χ4n) is 8.72. The third-order valence-electron chi connectivity index (χ3n) is 11.5. The van der Waals surface area contributed by atoms with E-state index in [2.05, 4.69) is 52.3 Å². The van der Waals surface area contributed by atoms with E-state index in [9.17, 15) is 18.0 Å². The van der Waals surface area contributed by atoms with Crippen LogP contribution >= 0.6 is 0 Å². The Morgan fingerprint density at radius 1 is 0.981 bits per heavy atom. The van der Waals surface area contributed by atoms with Crippen molar-refractivity contribution < 1.29 is 22.7 Å². The Labute approximate surface area is 313 Å². The lowest BCUT2D eigenvalue weighted by atomic mass is 9.81. The molecule has 0 radical (unpaired) electrons. The number of hydrogen-bond acceptors (Lipinski definition) is 7. The molecule has 11 nitrogen and oxygen atoms in total. The number of ether oxygens (including phenoxy) is 1. The van der Waals surface area contributed by atoms with E-state index in [1.807, 2.05) is 50.1 Å². The predicted molar refractivity (Wildman–Crippen MR) is 210 cm³/mol. The molecule has 12 heteroatoms. The molecule has 2 aromatic carbocycles. The van der Waals surface area contributed by atoms with Crippen LogP contribution in [0.25, 0.3) is 33.8 Å². The lowest BCUT2D eigenvalue weighted by molar-refractivity contribution is 0.0414. The Kier molecular flexibility index (Phi) is 10.1. The van der Waals surface area contributed by atoms with Crippen LogP contribution in [0.1, 0.15) is 103 Å². The van der Waals surface area contributed by atoms with Crippen molar-refractivity contribution >= 4 is 44.4 Å². The van der Waals surface area contributed by atoms with E-state index in [1.54, 1.807) is 24.1 Å². The molecule has 2 aromatic heterocycles. The van der Waals surface area contributed by atoms with Gasteiger partial charge in [0, 0.05) is 54.3 Å². The molecule has 3 aliphatic rings. The highest BCUT2D eigenvalue weighted by molar-refractivity contribution is 7.90. The molecule has 4 heterocycles. The van der Waals surface area contributed by atoms with Crippen molar-refractivity contribution in [2.45, 2.75) is 84.3 Å². The molecule has 1 saturated carbocycles. The smallest absolute Gasteiger partial charge is 0.264 e. The van der Waals surface area contributed by atoms with Crippen LogP contribution in [-0.4, -0.2) is 89.5 Å². The second kappa shape index (κ2) is 14.4. The number of allylic oxidation sites excluding steroid dienone is 1. The number of sulfonamides is 1. The molecule has 53 heavy (non-hydrogen) atoms. The van der Waals surface area contributed by atoms with Crippen molar-refractivity contribution in [2.75, 3.05) is 33.0 Å². The van der Waals surface area contributed by atoms with E-state index in [0.717, 1.165) is 70.4 Å². The molecule has 2 fully saturated rings. The quantitative estimate of drug-likeness (QED) is 0.218. The Hall–Kier alpha value is -4.42. The Morgan fingerprint density at radius 3 is 2.38 bits per heavy atom. The number of hydrogen-bond donors (Lipinski definition) is 1. The van der Waals surface area contributed by atoms with Crippen molar-refractivity contribution in [3.63, 3.8) is 0 Å². The van der Waals surface area contributed by atoms with Crippen LogP contribution in [0.2, 0.25) is 0 Å². The molecule has 1 saturated heterocycles. The highest BCUT2D eigenvalue weighted by Gasteiger charge is 2.34. The van der Waals surface area contributed by atoms with Gasteiger partial charge in [-0.3, -0.25) is 19.2 Å². The Balaban J connectivity index is 1.41. The van der Waals surface area contributed by atoms with Crippen LogP contribution in [0.15, 0.2) is 42.6 Å². The summed E-state index contributed by atoms with van der Waals surface area (Å²) >= 11 is 0. The molecular weight excluding hydrogens is 689 g/mol. The maximum Gasteiger partial charge on any atom is 0.264 e. The summed E-state index contributed by atoms with van der Waals surface area (Å²) in [5, 5.41) is 5.70. The highest BCUT2D eigenvalue weighted by atomic mass is 32.2. The van der Waals surface area contributed by atoms with Gasteiger partial charge in [-0.1, -0.05) is 39.2 Å². The zero-order valence-electron chi connectivity index (χ0n) is 32.0. The highest BCUT2D eigenvalue weighted by Crippen LogP contribution is 2.48. The van der Waals surface area contributed by atoms with E-state index in [1.165, 1.54) is 12.0 Å². The van der Waals surface area contributed by atoms with Gasteiger partial charge in [-0.2, -0.15) is 5.10 Å². The predicted octanol–water partition coefficient (Wildman–Crippen LogP) is 6.53. The van der Waals surface area contributed by atoms with Gasteiger partial charge in [0.25, 0.3) is 11.8 Å². The molecule has 1 N–H and O–H groups in total. The minimum absolute atomic E-state index is 0.0436. The number of rotatable bonds is 8. The van der Waals surface area contributed by atoms with Crippen LogP contribution in [0.3, 0.4) is 0 Å². The van der Waals surface area contributed by atoms with Crippen molar-refractivity contribution in [1.29, 1.82) is 0 Å². The Bertz CT molecular complexity index is 2200. The van der Waals surface area contributed by atoms with Gasteiger partial charge in [-0.25, -0.2) is 13.1 Å². The van der Waals surface area contributed by atoms with Gasteiger partial charge >= 0.3 is 0 Å². The van der Waals surface area contributed by atoms with E-state index >= 15 is 0 Å². The average molecular weight is 741 g/mol. The van der Waals surface area contributed by atoms with E-state index < -0.39 is 15.9 Å². The summed E-state index contributed by atoms with van der Waals surface area (Å²) in [6, 6.07) is 12.2. The molecule has 0 spiro atoms. The monoisotopic (exact) mass is 740 g/mol. The van der Waals surface area contributed by atoms with Crippen LogP contribution in [0.5, 0.6) is 5.75 Å². The zero-order valence-corrected chi connectivity index (χ0v) is 32.8. The first-order valence-electron chi connectivity index (χ1n) is 18.9. The van der Waals surface area contributed by atoms with Crippen molar-refractivity contribution in [3.05, 3.63) is 70.5 Å². The number of likely N-dealkylation sites (N-methyl/N-ethyl adjacent to an activating group) is 1. The largest absolute Gasteiger partial charge is 0.497 e. The third kappa shape index (κ3) is 7.03. The number of aromatic nitrogens is 3. The van der Waals surface area contributed by atoms with Gasteiger partial charge in [0.1, 0.15) is 5.75 Å². The number of nitrogens with zero attached hydrogens (tertiary/aromatic N) is 5. The minimum atomic E-state index is -3.81. The second-order valence-electron chi connectivity index (χ2n) is 15.7. The molecule has 2 unspecified atom stereocenters. The van der Waals surface area contributed by atoms with E-state index in [0.29, 0.717) is 31.1 Å². The molecule has 4 aromatic rings. The molecule has 2 atom stereocenters. The van der Waals surface area contributed by atoms with Crippen LogP contribution in [-0.2, 0) is 23.6 Å². The number of nitrogens with one attached hydrogen (secondary N) is 1. The van der Waals surface area contributed by atoms with Crippen LogP contribution in [0.4, 0.5) is 0 Å². The minimum Gasteiger partial charge on any atom is -0.497 e. The number of benzene rings is 2. The number of carbonyl (C=O) groups excluding carboxylic acids is 2. The first-order valence-corrected chi connectivity index (χ1v) is 20.5. The fourth-order valence-corrected chi connectivity index (χ4v) is 10.1. The van der Waals surface area contributed by atoms with Gasteiger partial charge < -0.3 is 14.2 Å². The SMILES string of the molecule is COc1ccc2c(c1)C=C(c1c(C(=O)N3CC(C)N(C)C(C)C3)cnn1C)Cn1c-2c(C2CCCCC2)c2ccc(C(=O)NS(=O)(=O)CC(C)C)cc21. The number of amides is 2. The summed E-state index contributed by atoms with van der Waals surface area (Å²) in [5.41, 5.74) is 7.66. The number of aryl methyl sites for hydroxylation is 1. The fraction of sp³-hybridized carbons (Fsp3) is 0.488. The summed E-state index contributed by atoms with van der Waals surface area (Å²) in [4.78, 5) is 32.2. The van der Waals surface area contributed by atoms with Crippen LogP contribution in [0, 0.1) is 5.92 Å².